The van der Waals surface area contributed by atoms with E-state index in [0.29, 0.717) is 12.3 Å². The minimum absolute atomic E-state index is 0.00683. The van der Waals surface area contributed by atoms with E-state index in [1.54, 1.807) is 0 Å². The molecule has 2 fully saturated rings. The molecule has 0 spiro atoms. The summed E-state index contributed by atoms with van der Waals surface area (Å²) in [7, 11) is 0. The number of nitrogens with two attached hydrogens (primary N) is 1. The predicted molar refractivity (Wildman–Crippen MR) is 64.0 cm³/mol. The van der Waals surface area contributed by atoms with E-state index in [1.165, 1.54) is 25.8 Å². The molecule has 0 aromatic rings. The van der Waals surface area contributed by atoms with E-state index in [-0.39, 0.29) is 11.9 Å². The van der Waals surface area contributed by atoms with Crippen LogP contribution < -0.4 is 11.1 Å². The van der Waals surface area contributed by atoms with E-state index in [0.717, 1.165) is 19.1 Å². The molecule has 1 aliphatic heterocycles. The first-order chi connectivity index (χ1) is 7.70. The second-order valence-corrected chi connectivity index (χ2v) is 5.14. The van der Waals surface area contributed by atoms with Crippen molar-refractivity contribution < 1.29 is 4.79 Å². The Morgan fingerprint density at radius 3 is 2.88 bits per heavy atom. The van der Waals surface area contributed by atoms with Crippen LogP contribution in [0.2, 0.25) is 0 Å². The van der Waals surface area contributed by atoms with E-state index in [1.807, 2.05) is 6.92 Å². The Kier molecular flexibility index (Phi) is 3.82. The van der Waals surface area contributed by atoms with Gasteiger partial charge in [-0.05, 0) is 38.1 Å². The number of rotatable bonds is 5. The normalized spacial score (nSPS) is 28.0. The third-order valence-electron chi connectivity index (χ3n) is 3.72. The SMILES string of the molecule is CC[C@@H](N)C(=O)NCC1CCN(C2CC2)C1. The van der Waals surface area contributed by atoms with Crippen LogP contribution in [0, 0.1) is 5.92 Å². The van der Waals surface area contributed by atoms with Crippen molar-refractivity contribution in [1.29, 1.82) is 0 Å². The van der Waals surface area contributed by atoms with Crippen molar-refractivity contribution in [1.82, 2.24) is 10.2 Å². The molecule has 1 saturated carbocycles. The van der Waals surface area contributed by atoms with Crippen molar-refractivity contribution in [2.45, 2.75) is 44.7 Å². The molecule has 1 aliphatic carbocycles. The number of likely N-dealkylation sites (tertiary alicyclic amines) is 1. The van der Waals surface area contributed by atoms with Gasteiger partial charge in [0, 0.05) is 19.1 Å². The van der Waals surface area contributed by atoms with Gasteiger partial charge in [-0.15, -0.1) is 0 Å². The first kappa shape index (κ1) is 11.9. The first-order valence-electron chi connectivity index (χ1n) is 6.48. The van der Waals surface area contributed by atoms with Crippen LogP contribution in [0.4, 0.5) is 0 Å². The van der Waals surface area contributed by atoms with Crippen LogP contribution in [0.1, 0.15) is 32.6 Å². The fourth-order valence-electron chi connectivity index (χ4n) is 2.36. The topological polar surface area (TPSA) is 58.4 Å². The Morgan fingerprint density at radius 1 is 1.50 bits per heavy atom. The van der Waals surface area contributed by atoms with Crippen molar-refractivity contribution in [3.8, 4) is 0 Å². The number of hydrogen-bond donors (Lipinski definition) is 2. The Bertz CT molecular complexity index is 253. The summed E-state index contributed by atoms with van der Waals surface area (Å²) in [5.74, 6) is 0.640. The van der Waals surface area contributed by atoms with Gasteiger partial charge in [-0.3, -0.25) is 4.79 Å². The summed E-state index contributed by atoms with van der Waals surface area (Å²) < 4.78 is 0. The molecule has 4 heteroatoms. The van der Waals surface area contributed by atoms with Gasteiger partial charge in [0.05, 0.1) is 6.04 Å². The number of nitrogens with one attached hydrogen (secondary N) is 1. The Balaban J connectivity index is 1.65. The molecule has 1 amide bonds. The van der Waals surface area contributed by atoms with E-state index in [2.05, 4.69) is 10.2 Å². The number of carbonyl (C=O) groups excluding carboxylic acids is 1. The van der Waals surface area contributed by atoms with Crippen molar-refractivity contribution >= 4 is 5.91 Å². The summed E-state index contributed by atoms with van der Waals surface area (Å²) in [5, 5.41) is 2.96. The monoisotopic (exact) mass is 225 g/mol. The standard InChI is InChI=1S/C12H23N3O/c1-2-11(13)12(16)14-7-9-5-6-15(8-9)10-3-4-10/h9-11H,2-8,13H2,1H3,(H,14,16)/t9?,11-/m1/s1. The molecule has 0 aromatic heterocycles. The molecule has 3 N–H and O–H groups in total. The van der Waals surface area contributed by atoms with Crippen molar-refractivity contribution in [3.63, 3.8) is 0 Å². The summed E-state index contributed by atoms with van der Waals surface area (Å²) in [5.41, 5.74) is 5.66. The Hall–Kier alpha value is -0.610. The molecular weight excluding hydrogens is 202 g/mol. The highest BCUT2D eigenvalue weighted by Crippen LogP contribution is 2.31. The van der Waals surface area contributed by atoms with Gasteiger partial charge in [-0.25, -0.2) is 0 Å². The highest BCUT2D eigenvalue weighted by Gasteiger charge is 2.34. The number of carbonyl (C=O) groups is 1. The van der Waals surface area contributed by atoms with Crippen LogP contribution >= 0.6 is 0 Å². The fourth-order valence-corrected chi connectivity index (χ4v) is 2.36. The second kappa shape index (κ2) is 5.15. The predicted octanol–water partition coefficient (Wildman–Crippen LogP) is 0.324. The average Bonchev–Trinajstić information content (AvgIpc) is 3.05. The van der Waals surface area contributed by atoms with Gasteiger partial charge in [0.25, 0.3) is 0 Å². The fraction of sp³-hybridized carbons (Fsp3) is 0.917. The van der Waals surface area contributed by atoms with E-state index >= 15 is 0 Å². The molecule has 1 unspecified atom stereocenters. The molecule has 16 heavy (non-hydrogen) atoms. The maximum Gasteiger partial charge on any atom is 0.236 e. The Labute approximate surface area is 97.6 Å². The largest absolute Gasteiger partial charge is 0.354 e. The van der Waals surface area contributed by atoms with E-state index in [9.17, 15) is 4.79 Å². The maximum absolute atomic E-state index is 11.5. The van der Waals surface area contributed by atoms with Crippen LogP contribution in [-0.2, 0) is 4.79 Å². The minimum atomic E-state index is -0.332. The summed E-state index contributed by atoms with van der Waals surface area (Å²) in [6.45, 7) is 5.11. The van der Waals surface area contributed by atoms with Crippen LogP contribution in [-0.4, -0.2) is 42.5 Å². The van der Waals surface area contributed by atoms with Crippen LogP contribution in [0.15, 0.2) is 0 Å². The molecule has 1 saturated heterocycles. The molecule has 2 atom stereocenters. The number of nitrogens with zero attached hydrogens (tertiary/aromatic N) is 1. The second-order valence-electron chi connectivity index (χ2n) is 5.14. The van der Waals surface area contributed by atoms with Crippen molar-refractivity contribution in [2.75, 3.05) is 19.6 Å². The lowest BCUT2D eigenvalue weighted by atomic mass is 10.1. The quantitative estimate of drug-likeness (QED) is 0.708. The lowest BCUT2D eigenvalue weighted by Gasteiger charge is -2.16. The van der Waals surface area contributed by atoms with Gasteiger partial charge >= 0.3 is 0 Å². The summed E-state index contributed by atoms with van der Waals surface area (Å²) in [4.78, 5) is 14.1. The molecule has 0 radical (unpaired) electrons. The molecule has 2 aliphatic rings. The lowest BCUT2D eigenvalue weighted by molar-refractivity contribution is -0.122. The van der Waals surface area contributed by atoms with Gasteiger partial charge < -0.3 is 16.0 Å². The van der Waals surface area contributed by atoms with E-state index in [4.69, 9.17) is 5.73 Å². The zero-order valence-electron chi connectivity index (χ0n) is 10.1. The molecule has 1 heterocycles. The third kappa shape index (κ3) is 2.95. The lowest BCUT2D eigenvalue weighted by Crippen LogP contribution is -2.42. The molecule has 4 nitrogen and oxygen atoms in total. The van der Waals surface area contributed by atoms with E-state index < -0.39 is 0 Å². The van der Waals surface area contributed by atoms with Crippen LogP contribution in [0.3, 0.4) is 0 Å². The van der Waals surface area contributed by atoms with Crippen molar-refractivity contribution in [3.05, 3.63) is 0 Å². The maximum atomic E-state index is 11.5. The van der Waals surface area contributed by atoms with Crippen molar-refractivity contribution in [2.24, 2.45) is 11.7 Å². The molecule has 2 rings (SSSR count). The third-order valence-corrected chi connectivity index (χ3v) is 3.72. The molecule has 92 valence electrons. The molecule has 0 aromatic carbocycles. The first-order valence-corrected chi connectivity index (χ1v) is 6.48. The number of amides is 1. The van der Waals surface area contributed by atoms with Gasteiger partial charge in [0.2, 0.25) is 5.91 Å². The number of hydrogen-bond acceptors (Lipinski definition) is 3. The summed E-state index contributed by atoms with van der Waals surface area (Å²) >= 11 is 0. The average molecular weight is 225 g/mol. The van der Waals surface area contributed by atoms with Gasteiger partial charge in [0.15, 0.2) is 0 Å². The Morgan fingerprint density at radius 2 is 2.25 bits per heavy atom. The smallest absolute Gasteiger partial charge is 0.236 e. The van der Waals surface area contributed by atoms with Gasteiger partial charge in [0.1, 0.15) is 0 Å². The van der Waals surface area contributed by atoms with Gasteiger partial charge in [-0.1, -0.05) is 6.92 Å². The highest BCUT2D eigenvalue weighted by atomic mass is 16.2. The highest BCUT2D eigenvalue weighted by molar-refractivity contribution is 5.81. The van der Waals surface area contributed by atoms with Crippen LogP contribution in [0.5, 0.6) is 0 Å². The minimum Gasteiger partial charge on any atom is -0.354 e. The van der Waals surface area contributed by atoms with Crippen LogP contribution in [0.25, 0.3) is 0 Å². The zero-order valence-corrected chi connectivity index (χ0v) is 10.1. The molecular formula is C12H23N3O. The van der Waals surface area contributed by atoms with Gasteiger partial charge in [-0.2, -0.15) is 0 Å². The molecule has 0 bridgehead atoms. The zero-order chi connectivity index (χ0) is 11.5. The summed E-state index contributed by atoms with van der Waals surface area (Å²) in [6, 6.07) is 0.527. The summed E-state index contributed by atoms with van der Waals surface area (Å²) in [6.07, 6.45) is 4.68.